The molecule has 1 aromatic heterocycles. The first-order valence-electron chi connectivity index (χ1n) is 11.0. The van der Waals surface area contributed by atoms with Crippen molar-refractivity contribution in [3.63, 3.8) is 0 Å². The summed E-state index contributed by atoms with van der Waals surface area (Å²) in [5, 5.41) is 10.6. The minimum atomic E-state index is -0.370. The van der Waals surface area contributed by atoms with Crippen LogP contribution in [0.2, 0.25) is 0 Å². The van der Waals surface area contributed by atoms with Crippen LogP contribution in [-0.2, 0) is 4.79 Å². The van der Waals surface area contributed by atoms with Crippen LogP contribution in [0.3, 0.4) is 0 Å². The first-order chi connectivity index (χ1) is 16.1. The predicted octanol–water partition coefficient (Wildman–Crippen LogP) is 4.03. The van der Waals surface area contributed by atoms with Crippen LogP contribution in [0.15, 0.2) is 52.9 Å². The molecule has 2 heterocycles. The summed E-state index contributed by atoms with van der Waals surface area (Å²) in [6, 6.07) is 14.2. The van der Waals surface area contributed by atoms with E-state index in [2.05, 4.69) is 15.5 Å². The standard InChI is InChI=1S/C24H26N4O5/c1-3-13-32-20-9-5-16(6-10-20)22(30)25-24-27-26-23(33-24)17-14-21(29)28(15-17)18-7-11-19(12-8-18)31-4-2/h5-12,17H,3-4,13-15H2,1-2H3,(H,25,27,30)/t17-/m1/s1. The Hall–Kier alpha value is -3.88. The number of aromatic nitrogens is 2. The smallest absolute Gasteiger partial charge is 0.322 e. The van der Waals surface area contributed by atoms with E-state index in [1.54, 1.807) is 29.2 Å². The van der Waals surface area contributed by atoms with E-state index in [0.29, 0.717) is 37.0 Å². The van der Waals surface area contributed by atoms with Gasteiger partial charge in [-0.1, -0.05) is 12.0 Å². The minimum absolute atomic E-state index is 0.00623. The van der Waals surface area contributed by atoms with E-state index in [1.807, 2.05) is 38.1 Å². The van der Waals surface area contributed by atoms with Crippen LogP contribution >= 0.6 is 0 Å². The van der Waals surface area contributed by atoms with Gasteiger partial charge in [0.25, 0.3) is 5.91 Å². The average Bonchev–Trinajstić information content (AvgIpc) is 3.45. The molecule has 0 saturated carbocycles. The second-order valence-electron chi connectivity index (χ2n) is 7.60. The van der Waals surface area contributed by atoms with E-state index in [-0.39, 0.29) is 30.2 Å². The molecule has 9 heteroatoms. The van der Waals surface area contributed by atoms with E-state index in [9.17, 15) is 9.59 Å². The van der Waals surface area contributed by atoms with E-state index in [1.165, 1.54) is 0 Å². The van der Waals surface area contributed by atoms with E-state index in [0.717, 1.165) is 17.9 Å². The summed E-state index contributed by atoms with van der Waals surface area (Å²) in [5.74, 6) is 1.12. The monoisotopic (exact) mass is 450 g/mol. The molecule has 0 radical (unpaired) electrons. The number of hydrogen-bond donors (Lipinski definition) is 1. The van der Waals surface area contributed by atoms with Crippen molar-refractivity contribution in [1.82, 2.24) is 10.2 Å². The topological polar surface area (TPSA) is 107 Å². The normalized spacial score (nSPS) is 15.5. The molecule has 2 amide bonds. The lowest BCUT2D eigenvalue weighted by Gasteiger charge is -2.16. The Morgan fingerprint density at radius 1 is 1.06 bits per heavy atom. The Morgan fingerprint density at radius 2 is 1.76 bits per heavy atom. The summed E-state index contributed by atoms with van der Waals surface area (Å²) < 4.78 is 16.6. The van der Waals surface area contributed by atoms with Gasteiger partial charge in [0, 0.05) is 24.2 Å². The molecule has 0 spiro atoms. The van der Waals surface area contributed by atoms with E-state index >= 15 is 0 Å². The van der Waals surface area contributed by atoms with Crippen molar-refractivity contribution in [3.05, 3.63) is 60.0 Å². The van der Waals surface area contributed by atoms with Crippen LogP contribution in [-0.4, -0.2) is 41.8 Å². The molecule has 0 bridgehead atoms. The highest BCUT2D eigenvalue weighted by Gasteiger charge is 2.35. The van der Waals surface area contributed by atoms with Gasteiger partial charge in [0.05, 0.1) is 19.1 Å². The second-order valence-corrected chi connectivity index (χ2v) is 7.60. The maximum absolute atomic E-state index is 12.6. The van der Waals surface area contributed by atoms with E-state index < -0.39 is 0 Å². The highest BCUT2D eigenvalue weighted by Crippen LogP contribution is 2.32. The van der Waals surface area contributed by atoms with Crippen molar-refractivity contribution in [2.24, 2.45) is 0 Å². The number of ether oxygens (including phenoxy) is 2. The van der Waals surface area contributed by atoms with Crippen molar-refractivity contribution < 1.29 is 23.5 Å². The first kappa shape index (κ1) is 22.3. The third kappa shape index (κ3) is 5.31. The summed E-state index contributed by atoms with van der Waals surface area (Å²) in [5.41, 5.74) is 1.22. The van der Waals surface area contributed by atoms with Gasteiger partial charge in [-0.15, -0.1) is 5.10 Å². The molecule has 33 heavy (non-hydrogen) atoms. The number of nitrogens with zero attached hydrogens (tertiary/aromatic N) is 3. The molecule has 1 atom stereocenters. The third-order valence-electron chi connectivity index (χ3n) is 5.18. The van der Waals surface area contributed by atoms with Crippen LogP contribution in [0.25, 0.3) is 0 Å². The Balaban J connectivity index is 1.37. The SMILES string of the molecule is CCCOc1ccc(C(=O)Nc2nnc([C@@H]3CC(=O)N(c4ccc(OCC)cc4)C3)o2)cc1. The predicted molar refractivity (Wildman–Crippen MR) is 122 cm³/mol. The summed E-state index contributed by atoms with van der Waals surface area (Å²) in [6.45, 7) is 5.57. The quantitative estimate of drug-likeness (QED) is 0.524. The molecule has 9 nitrogen and oxygen atoms in total. The Labute approximate surface area is 191 Å². The Bertz CT molecular complexity index is 1090. The molecular formula is C24H26N4O5. The fraction of sp³-hybridized carbons (Fsp3) is 0.333. The number of carbonyl (C=O) groups is 2. The molecule has 1 N–H and O–H groups in total. The molecule has 1 fully saturated rings. The molecule has 172 valence electrons. The average molecular weight is 450 g/mol. The lowest BCUT2D eigenvalue weighted by molar-refractivity contribution is -0.117. The van der Waals surface area contributed by atoms with Crippen molar-refractivity contribution in [2.45, 2.75) is 32.6 Å². The number of rotatable bonds is 9. The maximum atomic E-state index is 12.6. The lowest BCUT2D eigenvalue weighted by Crippen LogP contribution is -2.24. The summed E-state index contributed by atoms with van der Waals surface area (Å²) in [6.07, 6.45) is 1.16. The molecule has 3 aromatic rings. The van der Waals surface area contributed by atoms with Gasteiger partial charge in [0.2, 0.25) is 11.8 Å². The minimum Gasteiger partial charge on any atom is -0.494 e. The first-order valence-corrected chi connectivity index (χ1v) is 11.0. The highest BCUT2D eigenvalue weighted by molar-refractivity contribution is 6.03. The second kappa shape index (κ2) is 10.2. The molecule has 2 aromatic carbocycles. The van der Waals surface area contributed by atoms with Crippen molar-refractivity contribution >= 4 is 23.5 Å². The highest BCUT2D eigenvalue weighted by atomic mass is 16.5. The van der Waals surface area contributed by atoms with Crippen molar-refractivity contribution in [2.75, 3.05) is 30.0 Å². The number of anilines is 2. The van der Waals surface area contributed by atoms with Crippen LogP contribution in [0.4, 0.5) is 11.7 Å². The van der Waals surface area contributed by atoms with Crippen LogP contribution in [0.5, 0.6) is 11.5 Å². The van der Waals surface area contributed by atoms with Crippen molar-refractivity contribution in [1.29, 1.82) is 0 Å². The van der Waals surface area contributed by atoms with Crippen LogP contribution < -0.4 is 19.7 Å². The molecule has 1 aliphatic heterocycles. The van der Waals surface area contributed by atoms with E-state index in [4.69, 9.17) is 13.9 Å². The fourth-order valence-corrected chi connectivity index (χ4v) is 3.55. The van der Waals surface area contributed by atoms with Gasteiger partial charge < -0.3 is 18.8 Å². The Morgan fingerprint density at radius 3 is 2.45 bits per heavy atom. The maximum Gasteiger partial charge on any atom is 0.322 e. The molecule has 0 aliphatic carbocycles. The molecule has 4 rings (SSSR count). The zero-order valence-corrected chi connectivity index (χ0v) is 18.6. The van der Waals surface area contributed by atoms with Crippen LogP contribution in [0.1, 0.15) is 48.9 Å². The molecule has 1 saturated heterocycles. The Kier molecular flexibility index (Phi) is 6.87. The molecule has 0 unspecified atom stereocenters. The molecular weight excluding hydrogens is 424 g/mol. The van der Waals surface area contributed by atoms with Gasteiger partial charge in [0.15, 0.2) is 0 Å². The number of hydrogen-bond acceptors (Lipinski definition) is 7. The third-order valence-corrected chi connectivity index (χ3v) is 5.18. The zero-order valence-electron chi connectivity index (χ0n) is 18.6. The summed E-state index contributed by atoms with van der Waals surface area (Å²) in [7, 11) is 0. The number of amides is 2. The van der Waals surface area contributed by atoms with Gasteiger partial charge in [0.1, 0.15) is 11.5 Å². The molecule has 1 aliphatic rings. The van der Waals surface area contributed by atoms with Gasteiger partial charge >= 0.3 is 6.01 Å². The van der Waals surface area contributed by atoms with Gasteiger partial charge in [-0.05, 0) is 61.9 Å². The van der Waals surface area contributed by atoms with Crippen molar-refractivity contribution in [3.8, 4) is 11.5 Å². The summed E-state index contributed by atoms with van der Waals surface area (Å²) >= 11 is 0. The van der Waals surface area contributed by atoms with Gasteiger partial charge in [-0.3, -0.25) is 14.9 Å². The van der Waals surface area contributed by atoms with Gasteiger partial charge in [-0.25, -0.2) is 0 Å². The van der Waals surface area contributed by atoms with Crippen LogP contribution in [0, 0.1) is 0 Å². The lowest BCUT2D eigenvalue weighted by atomic mass is 10.1. The number of nitrogens with one attached hydrogen (secondary N) is 1. The number of carbonyl (C=O) groups excluding carboxylic acids is 2. The zero-order chi connectivity index (χ0) is 23.2. The largest absolute Gasteiger partial charge is 0.494 e. The fourth-order valence-electron chi connectivity index (χ4n) is 3.55. The summed E-state index contributed by atoms with van der Waals surface area (Å²) in [4.78, 5) is 26.7. The number of benzene rings is 2. The van der Waals surface area contributed by atoms with Gasteiger partial charge in [-0.2, -0.15) is 0 Å².